The number of amides is 1. The van der Waals surface area contributed by atoms with Crippen LogP contribution in [0.2, 0.25) is 0 Å². The van der Waals surface area contributed by atoms with Crippen molar-refractivity contribution in [3.63, 3.8) is 0 Å². The molecule has 3 heterocycles. The van der Waals surface area contributed by atoms with E-state index in [-0.39, 0.29) is 30.7 Å². The molecule has 0 saturated carbocycles. The molecule has 0 aliphatic carbocycles. The molecule has 0 bridgehead atoms. The van der Waals surface area contributed by atoms with E-state index in [1.165, 1.54) is 29.6 Å². The normalized spacial score (nSPS) is 23.7. The lowest BCUT2D eigenvalue weighted by Crippen LogP contribution is -2.52. The standard InChI is InChI=1S/C24H41N4O8P.2C2H6/c1-17-15-27(21-14-19(36-37(32)34-5)20(35-21)16-33-4)24(31)26(23(17)30)12-8-6-7-11-25-22(29)18-10-9-13-28(18,2)3;2*1-2/h15,18-21,32H,6-14,16H2,1-5H3;2*1-2H3/p+1. The van der Waals surface area contributed by atoms with Gasteiger partial charge in [0.25, 0.3) is 11.5 Å². The number of nitrogens with zero attached hydrogens (tertiary/aromatic N) is 3. The number of carbonyl (C=O) groups is 1. The summed E-state index contributed by atoms with van der Waals surface area (Å²) in [6, 6.07) is 0.00878. The van der Waals surface area contributed by atoms with Crippen LogP contribution >= 0.6 is 8.60 Å². The zero-order chi connectivity index (χ0) is 31.2. The van der Waals surface area contributed by atoms with E-state index in [1.54, 1.807) is 6.92 Å². The van der Waals surface area contributed by atoms with Crippen LogP contribution in [0.5, 0.6) is 0 Å². The minimum Gasteiger partial charge on any atom is -0.382 e. The Morgan fingerprint density at radius 2 is 1.85 bits per heavy atom. The highest BCUT2D eigenvalue weighted by molar-refractivity contribution is 7.40. The summed E-state index contributed by atoms with van der Waals surface area (Å²) in [5.41, 5.74) is -0.347. The summed E-state index contributed by atoms with van der Waals surface area (Å²) in [7, 11) is 4.99. The van der Waals surface area contributed by atoms with Gasteiger partial charge in [-0.1, -0.05) is 27.7 Å². The smallest absolute Gasteiger partial charge is 0.333 e. The summed E-state index contributed by atoms with van der Waals surface area (Å²) in [6.07, 6.45) is 4.26. The number of ether oxygens (including phenoxy) is 2. The minimum absolute atomic E-state index is 0.00878. The molecule has 0 spiro atoms. The van der Waals surface area contributed by atoms with Crippen LogP contribution in [-0.4, -0.2) is 90.7 Å². The van der Waals surface area contributed by atoms with Crippen LogP contribution in [0.25, 0.3) is 0 Å². The molecule has 2 aliphatic rings. The van der Waals surface area contributed by atoms with Gasteiger partial charge in [-0.25, -0.2) is 4.79 Å². The van der Waals surface area contributed by atoms with Gasteiger partial charge in [-0.15, -0.1) is 0 Å². The highest BCUT2D eigenvalue weighted by Gasteiger charge is 2.40. The van der Waals surface area contributed by atoms with Crippen LogP contribution in [0.4, 0.5) is 0 Å². The fourth-order valence-corrected chi connectivity index (χ4v) is 5.70. The van der Waals surface area contributed by atoms with Crippen LogP contribution in [0.15, 0.2) is 15.8 Å². The van der Waals surface area contributed by atoms with Crippen molar-refractivity contribution in [3.05, 3.63) is 32.6 Å². The number of aromatic nitrogens is 2. The third kappa shape index (κ3) is 10.5. The van der Waals surface area contributed by atoms with Gasteiger partial charge in [0.15, 0.2) is 6.04 Å². The van der Waals surface area contributed by atoms with Crippen LogP contribution in [0, 0.1) is 6.92 Å². The van der Waals surface area contributed by atoms with Crippen molar-refractivity contribution in [2.24, 2.45) is 0 Å². The van der Waals surface area contributed by atoms with Crippen LogP contribution in [-0.2, 0) is 29.9 Å². The molecular formula is C28H54N4O8P+. The number of unbranched alkanes of at least 4 members (excludes halogenated alkanes) is 2. The average Bonchev–Trinajstić information content (AvgIpc) is 3.53. The first kappa shape index (κ1) is 37.4. The monoisotopic (exact) mass is 605 g/mol. The number of nitrogens with one attached hydrogen (secondary N) is 1. The number of methoxy groups -OCH3 is 1. The summed E-state index contributed by atoms with van der Waals surface area (Å²) in [4.78, 5) is 48.3. The first-order valence-corrected chi connectivity index (χ1v) is 16.0. The van der Waals surface area contributed by atoms with Crippen molar-refractivity contribution < 1.29 is 32.7 Å². The number of likely N-dealkylation sites (tertiary alicyclic amines) is 1. The number of rotatable bonds is 13. The topological polar surface area (TPSA) is 130 Å². The molecule has 1 amide bonds. The second kappa shape index (κ2) is 18.8. The third-order valence-corrected chi connectivity index (χ3v) is 8.05. The second-order valence-corrected chi connectivity index (χ2v) is 11.4. The highest BCUT2D eigenvalue weighted by Crippen LogP contribution is 2.40. The quantitative estimate of drug-likeness (QED) is 0.199. The molecular weight excluding hydrogens is 551 g/mol. The lowest BCUT2D eigenvalue weighted by Gasteiger charge is -2.30. The summed E-state index contributed by atoms with van der Waals surface area (Å²) >= 11 is 0. The third-order valence-electron chi connectivity index (χ3n) is 7.29. The van der Waals surface area contributed by atoms with Crippen molar-refractivity contribution in [1.29, 1.82) is 0 Å². The molecule has 238 valence electrons. The SMILES string of the molecule is CC.CC.COCC1OC(n2cc(C)c(=O)n(CCCCCNC(=O)C3CCC[N+]3(C)C)c2=O)CC1OP(O)OC. The fourth-order valence-electron chi connectivity index (χ4n) is 5.16. The molecule has 2 saturated heterocycles. The molecule has 0 aromatic carbocycles. The molecule has 0 radical (unpaired) electrons. The van der Waals surface area contributed by atoms with Gasteiger partial charge in [-0.2, -0.15) is 0 Å². The molecule has 5 unspecified atom stereocenters. The van der Waals surface area contributed by atoms with Gasteiger partial charge < -0.3 is 33.2 Å². The molecule has 1 aromatic heterocycles. The van der Waals surface area contributed by atoms with Crippen molar-refractivity contribution in [2.45, 2.75) is 104 Å². The number of quaternary nitrogens is 1. The lowest BCUT2D eigenvalue weighted by atomic mass is 10.2. The Morgan fingerprint density at radius 1 is 1.17 bits per heavy atom. The van der Waals surface area contributed by atoms with Gasteiger partial charge in [0.2, 0.25) is 0 Å². The molecule has 41 heavy (non-hydrogen) atoms. The Morgan fingerprint density at radius 3 is 2.44 bits per heavy atom. The average molecular weight is 606 g/mol. The Balaban J connectivity index is 0.00000201. The number of aryl methyl sites for hydroxylation is 1. The predicted octanol–water partition coefficient (Wildman–Crippen LogP) is 3.08. The highest BCUT2D eigenvalue weighted by atomic mass is 31.2. The maximum atomic E-state index is 13.2. The summed E-state index contributed by atoms with van der Waals surface area (Å²) in [5.74, 6) is 0.102. The van der Waals surface area contributed by atoms with E-state index in [9.17, 15) is 19.3 Å². The molecule has 5 atom stereocenters. The molecule has 3 rings (SSSR count). The Kier molecular flexibility index (Phi) is 17.1. The number of hydrogen-bond donors (Lipinski definition) is 2. The Hall–Kier alpha value is -1.66. The summed E-state index contributed by atoms with van der Waals surface area (Å²) < 4.78 is 25.0. The van der Waals surface area contributed by atoms with Crippen LogP contribution in [0.3, 0.4) is 0 Å². The largest absolute Gasteiger partial charge is 0.382 e. The van der Waals surface area contributed by atoms with Gasteiger partial charge in [0.1, 0.15) is 12.3 Å². The molecule has 2 N–H and O–H groups in total. The van der Waals surface area contributed by atoms with Gasteiger partial charge in [-0.05, 0) is 26.2 Å². The van der Waals surface area contributed by atoms with Gasteiger partial charge in [0, 0.05) is 58.3 Å². The van der Waals surface area contributed by atoms with E-state index < -0.39 is 32.7 Å². The summed E-state index contributed by atoms with van der Waals surface area (Å²) in [5, 5.41) is 3.04. The predicted molar refractivity (Wildman–Crippen MR) is 161 cm³/mol. The maximum Gasteiger partial charge on any atom is 0.333 e. The first-order valence-electron chi connectivity index (χ1n) is 14.9. The second-order valence-electron chi connectivity index (χ2n) is 10.4. The van der Waals surface area contributed by atoms with E-state index in [4.69, 9.17) is 18.5 Å². The van der Waals surface area contributed by atoms with Crippen molar-refractivity contribution in [2.75, 3.05) is 48.0 Å². The van der Waals surface area contributed by atoms with E-state index in [0.717, 1.165) is 36.7 Å². The van der Waals surface area contributed by atoms with Crippen LogP contribution < -0.4 is 16.6 Å². The van der Waals surface area contributed by atoms with E-state index >= 15 is 0 Å². The van der Waals surface area contributed by atoms with Gasteiger partial charge in [0.05, 0.1) is 33.4 Å². The Labute approximate surface area is 246 Å². The van der Waals surface area contributed by atoms with Gasteiger partial charge >= 0.3 is 14.3 Å². The van der Waals surface area contributed by atoms with Crippen LogP contribution in [0.1, 0.15) is 78.0 Å². The summed E-state index contributed by atoms with van der Waals surface area (Å²) in [6.45, 7) is 11.8. The molecule has 1 aromatic rings. The molecule has 12 nitrogen and oxygen atoms in total. The zero-order valence-corrected chi connectivity index (χ0v) is 27.4. The molecule has 13 heteroatoms. The zero-order valence-electron chi connectivity index (χ0n) is 26.6. The maximum absolute atomic E-state index is 13.2. The number of likely N-dealkylation sites (N-methyl/N-ethyl adjacent to an activating group) is 1. The number of carbonyl (C=O) groups excluding carboxylic acids is 1. The van der Waals surface area contributed by atoms with Crippen molar-refractivity contribution in [1.82, 2.24) is 14.5 Å². The first-order chi connectivity index (χ1) is 19.6. The van der Waals surface area contributed by atoms with Crippen molar-refractivity contribution in [3.8, 4) is 0 Å². The fraction of sp³-hybridized carbons (Fsp3) is 0.821. The van der Waals surface area contributed by atoms with Gasteiger partial charge in [-0.3, -0.25) is 18.7 Å². The molecule has 2 aliphatic heterocycles. The van der Waals surface area contributed by atoms with E-state index in [0.29, 0.717) is 24.9 Å². The lowest BCUT2D eigenvalue weighted by molar-refractivity contribution is -0.893. The molecule has 2 fully saturated rings. The Bertz CT molecular complexity index is 1030. The minimum atomic E-state index is -2.07. The van der Waals surface area contributed by atoms with E-state index in [1.807, 2.05) is 27.7 Å². The number of hydrogen-bond acceptors (Lipinski definition) is 8. The van der Waals surface area contributed by atoms with Crippen molar-refractivity contribution >= 4 is 14.5 Å². The van der Waals surface area contributed by atoms with E-state index in [2.05, 4.69) is 19.4 Å².